The lowest BCUT2D eigenvalue weighted by molar-refractivity contribution is -0.125. The zero-order chi connectivity index (χ0) is 31.8. The van der Waals surface area contributed by atoms with Crippen LogP contribution in [0, 0.1) is 0 Å². The van der Waals surface area contributed by atoms with Crippen LogP contribution in [0.1, 0.15) is 47.9 Å². The number of carbonyl (C=O) groups excluding carboxylic acids is 2. The third-order valence-electron chi connectivity index (χ3n) is 8.42. The molecular weight excluding hydrogens is 594 g/mol. The van der Waals surface area contributed by atoms with E-state index in [1.807, 2.05) is 37.3 Å². The minimum atomic E-state index is -0.691. The number of aryl methyl sites for hydroxylation is 1. The van der Waals surface area contributed by atoms with Gasteiger partial charge < -0.3 is 25.3 Å². The quantitative estimate of drug-likeness (QED) is 0.283. The summed E-state index contributed by atoms with van der Waals surface area (Å²) in [5.41, 5.74) is 3.24. The van der Waals surface area contributed by atoms with Crippen molar-refractivity contribution in [1.82, 2.24) is 45.1 Å². The van der Waals surface area contributed by atoms with Gasteiger partial charge in [-0.25, -0.2) is 15.0 Å². The summed E-state index contributed by atoms with van der Waals surface area (Å²) in [6.45, 7) is 5.85. The molecule has 5 heterocycles. The third kappa shape index (κ3) is 6.31. The number of rotatable bonds is 9. The molecule has 14 heteroatoms. The van der Waals surface area contributed by atoms with Crippen LogP contribution in [0.5, 0.6) is 0 Å². The van der Waals surface area contributed by atoms with Crippen molar-refractivity contribution in [2.75, 3.05) is 37.4 Å². The molecule has 2 amide bonds. The van der Waals surface area contributed by atoms with Crippen molar-refractivity contribution in [3.8, 4) is 11.3 Å². The van der Waals surface area contributed by atoms with E-state index >= 15 is 0 Å². The van der Waals surface area contributed by atoms with E-state index in [4.69, 9.17) is 16.6 Å². The molecular formula is C31H36ClN11O2. The number of hydrogen-bond donors (Lipinski definition) is 2. The Kier molecular flexibility index (Phi) is 8.38. The van der Waals surface area contributed by atoms with Crippen molar-refractivity contribution in [3.05, 3.63) is 70.6 Å². The Labute approximate surface area is 266 Å². The monoisotopic (exact) mass is 629 g/mol. The largest absolute Gasteiger partial charge is 0.355 e. The zero-order valence-corrected chi connectivity index (χ0v) is 26.7. The fourth-order valence-corrected chi connectivity index (χ4v) is 5.91. The van der Waals surface area contributed by atoms with Crippen LogP contribution >= 0.6 is 11.6 Å². The number of amides is 2. The first-order chi connectivity index (χ1) is 21.6. The van der Waals surface area contributed by atoms with E-state index in [-0.39, 0.29) is 17.9 Å². The first kappa shape index (κ1) is 30.4. The Bertz CT molecular complexity index is 1740. The molecule has 0 radical (unpaired) electrons. The van der Waals surface area contributed by atoms with E-state index in [1.165, 1.54) is 11.0 Å². The molecule has 0 spiro atoms. The van der Waals surface area contributed by atoms with Crippen LogP contribution in [-0.2, 0) is 18.4 Å². The number of hydrogen-bond acceptors (Lipinski definition) is 10. The maximum absolute atomic E-state index is 13.6. The van der Waals surface area contributed by atoms with Gasteiger partial charge in [0.05, 0.1) is 34.8 Å². The average Bonchev–Trinajstić information content (AvgIpc) is 3.77. The average molecular weight is 630 g/mol. The van der Waals surface area contributed by atoms with Gasteiger partial charge in [0.25, 0.3) is 5.91 Å². The Balaban J connectivity index is 1.13. The van der Waals surface area contributed by atoms with Gasteiger partial charge in [-0.15, -0.1) is 5.10 Å². The fourth-order valence-electron chi connectivity index (χ4n) is 5.71. The van der Waals surface area contributed by atoms with Crippen LogP contribution in [-0.4, -0.2) is 90.8 Å². The lowest BCUT2D eigenvalue weighted by Crippen LogP contribution is -2.46. The molecule has 0 bridgehead atoms. The highest BCUT2D eigenvalue weighted by atomic mass is 35.5. The molecule has 13 nitrogen and oxygen atoms in total. The maximum atomic E-state index is 13.6. The van der Waals surface area contributed by atoms with Crippen LogP contribution in [0.2, 0.25) is 5.02 Å². The Hall–Kier alpha value is -4.62. The molecule has 0 saturated carbocycles. The second-order valence-electron chi connectivity index (χ2n) is 11.7. The first-order valence-electron chi connectivity index (χ1n) is 14.9. The van der Waals surface area contributed by atoms with Crippen molar-refractivity contribution in [3.63, 3.8) is 0 Å². The molecule has 1 saturated heterocycles. The SMILES string of the molecule is C[C@H](C(=O)N[C@H](C)c1cccc(N2CC[C@H](N(C)C)C2)n1)N1Cc2ccc(-c3nc(Nc4cnn(C)n4)ncc3Cl)cc2C1=O. The highest BCUT2D eigenvalue weighted by molar-refractivity contribution is 6.33. The molecule has 3 atom stereocenters. The number of benzene rings is 1. The van der Waals surface area contributed by atoms with Gasteiger partial charge in [0.2, 0.25) is 11.9 Å². The normalized spacial score (nSPS) is 17.5. The van der Waals surface area contributed by atoms with Crippen molar-refractivity contribution in [2.24, 2.45) is 7.05 Å². The summed E-state index contributed by atoms with van der Waals surface area (Å²) >= 11 is 6.47. The van der Waals surface area contributed by atoms with Gasteiger partial charge in [-0.05, 0) is 58.1 Å². The number of anilines is 3. The molecule has 3 aromatic heterocycles. The van der Waals surface area contributed by atoms with E-state index in [1.54, 1.807) is 31.1 Å². The number of halogens is 1. The van der Waals surface area contributed by atoms with E-state index in [0.29, 0.717) is 46.2 Å². The van der Waals surface area contributed by atoms with Crippen LogP contribution < -0.4 is 15.5 Å². The smallest absolute Gasteiger partial charge is 0.255 e. The van der Waals surface area contributed by atoms with Crippen LogP contribution in [0.3, 0.4) is 0 Å². The summed E-state index contributed by atoms with van der Waals surface area (Å²) in [7, 11) is 5.91. The van der Waals surface area contributed by atoms with Gasteiger partial charge in [0, 0.05) is 43.9 Å². The van der Waals surface area contributed by atoms with Crippen LogP contribution in [0.25, 0.3) is 11.3 Å². The number of nitrogens with one attached hydrogen (secondary N) is 2. The third-order valence-corrected chi connectivity index (χ3v) is 8.70. The molecule has 0 unspecified atom stereocenters. The second-order valence-corrected chi connectivity index (χ2v) is 12.1. The minimum Gasteiger partial charge on any atom is -0.355 e. The van der Waals surface area contributed by atoms with E-state index < -0.39 is 6.04 Å². The van der Waals surface area contributed by atoms with Gasteiger partial charge in [-0.1, -0.05) is 29.8 Å². The number of nitrogens with zero attached hydrogens (tertiary/aromatic N) is 9. The van der Waals surface area contributed by atoms with Gasteiger partial charge in [-0.2, -0.15) is 9.90 Å². The maximum Gasteiger partial charge on any atom is 0.255 e. The van der Waals surface area contributed by atoms with Gasteiger partial charge in [-0.3, -0.25) is 9.59 Å². The predicted molar refractivity (Wildman–Crippen MR) is 171 cm³/mol. The van der Waals surface area contributed by atoms with Gasteiger partial charge in [0.1, 0.15) is 11.9 Å². The summed E-state index contributed by atoms with van der Waals surface area (Å²) in [6, 6.07) is 10.9. The predicted octanol–water partition coefficient (Wildman–Crippen LogP) is 3.43. The highest BCUT2D eigenvalue weighted by Crippen LogP contribution is 2.32. The highest BCUT2D eigenvalue weighted by Gasteiger charge is 2.35. The molecule has 0 aliphatic carbocycles. The molecule has 234 valence electrons. The topological polar surface area (TPSA) is 137 Å². The van der Waals surface area contributed by atoms with Gasteiger partial charge in [0.15, 0.2) is 5.82 Å². The lowest BCUT2D eigenvalue weighted by Gasteiger charge is -2.26. The van der Waals surface area contributed by atoms with Crippen molar-refractivity contribution in [2.45, 2.75) is 44.9 Å². The molecule has 45 heavy (non-hydrogen) atoms. The number of fused-ring (bicyclic) bond motifs is 1. The number of carbonyl (C=O) groups is 2. The first-order valence-corrected chi connectivity index (χ1v) is 15.2. The Morgan fingerprint density at radius 2 is 1.96 bits per heavy atom. The molecule has 2 aliphatic heterocycles. The minimum absolute atomic E-state index is 0.227. The summed E-state index contributed by atoms with van der Waals surface area (Å²) in [4.78, 5) is 48.1. The fraction of sp³-hybridized carbons (Fsp3) is 0.387. The standard InChI is InChI=1S/C31H36ClN11O2/c1-18(25-7-6-8-27(36-25)42-12-11-22(17-42)40(3)4)35-29(44)19(2)43-16-21-10-9-20(13-23(21)30(43)45)28-24(32)14-33-31(38-28)37-26-15-34-41(5)39-26/h6-10,13-15,18-19,22H,11-12,16-17H2,1-5H3,(H,35,44)(H,33,37,38,39)/t18-,19-,22+/m1/s1. The molecule has 2 N–H and O–H groups in total. The summed E-state index contributed by atoms with van der Waals surface area (Å²) in [5, 5.41) is 14.6. The zero-order valence-electron chi connectivity index (χ0n) is 25.9. The van der Waals surface area contributed by atoms with E-state index in [9.17, 15) is 9.59 Å². The van der Waals surface area contributed by atoms with Crippen molar-refractivity contribution >= 4 is 41.0 Å². The summed E-state index contributed by atoms with van der Waals surface area (Å²) in [5.74, 6) is 1.21. The molecule has 1 aromatic carbocycles. The number of likely N-dealkylation sites (N-methyl/N-ethyl adjacent to an activating group) is 1. The van der Waals surface area contributed by atoms with Crippen molar-refractivity contribution < 1.29 is 9.59 Å². The summed E-state index contributed by atoms with van der Waals surface area (Å²) in [6.07, 6.45) is 4.14. The lowest BCUT2D eigenvalue weighted by atomic mass is 10.0. The van der Waals surface area contributed by atoms with Crippen molar-refractivity contribution in [1.29, 1.82) is 0 Å². The summed E-state index contributed by atoms with van der Waals surface area (Å²) < 4.78 is 0. The number of aromatic nitrogens is 6. The Morgan fingerprint density at radius 3 is 2.69 bits per heavy atom. The molecule has 1 fully saturated rings. The molecule has 2 aliphatic rings. The van der Waals surface area contributed by atoms with Crippen LogP contribution in [0.15, 0.2) is 48.8 Å². The van der Waals surface area contributed by atoms with Crippen LogP contribution in [0.4, 0.5) is 17.6 Å². The molecule has 4 aromatic rings. The van der Waals surface area contributed by atoms with E-state index in [0.717, 1.165) is 36.6 Å². The van der Waals surface area contributed by atoms with Gasteiger partial charge >= 0.3 is 0 Å². The second kappa shape index (κ2) is 12.4. The van der Waals surface area contributed by atoms with E-state index in [2.05, 4.69) is 54.7 Å². The molecule has 6 rings (SSSR count). The Morgan fingerprint density at radius 1 is 1.13 bits per heavy atom. The number of pyridine rings is 1.